The predicted molar refractivity (Wildman–Crippen MR) is 57.0 cm³/mol. The first-order valence-corrected chi connectivity index (χ1v) is 5.11. The quantitative estimate of drug-likeness (QED) is 0.795. The summed E-state index contributed by atoms with van der Waals surface area (Å²) in [6.07, 6.45) is 1.64. The second-order valence-electron chi connectivity index (χ2n) is 3.83. The molecule has 1 aromatic heterocycles. The van der Waals surface area contributed by atoms with Crippen molar-refractivity contribution in [2.45, 2.75) is 25.8 Å². The molecule has 0 aliphatic carbocycles. The van der Waals surface area contributed by atoms with E-state index in [1.165, 1.54) is 0 Å². The third kappa shape index (κ3) is 1.93. The molecule has 1 atom stereocenters. The molecular weight excluding hydrogens is 192 g/mol. The van der Waals surface area contributed by atoms with E-state index in [2.05, 4.69) is 4.98 Å². The Labute approximate surface area is 88.6 Å². The van der Waals surface area contributed by atoms with Gasteiger partial charge in [0.1, 0.15) is 11.9 Å². The van der Waals surface area contributed by atoms with Crippen LogP contribution < -0.4 is 4.90 Å². The minimum atomic E-state index is -0.754. The Hall–Kier alpha value is -1.58. The molecule has 0 spiro atoms. The molecule has 1 aliphatic rings. The van der Waals surface area contributed by atoms with Crippen molar-refractivity contribution in [1.82, 2.24) is 4.98 Å². The zero-order chi connectivity index (χ0) is 10.8. The van der Waals surface area contributed by atoms with Crippen LogP contribution in [-0.2, 0) is 4.79 Å². The summed E-state index contributed by atoms with van der Waals surface area (Å²) in [7, 11) is 0. The molecule has 0 radical (unpaired) electrons. The highest BCUT2D eigenvalue weighted by molar-refractivity contribution is 5.78. The molecule has 4 heteroatoms. The van der Waals surface area contributed by atoms with Crippen LogP contribution in [0.25, 0.3) is 0 Å². The third-order valence-corrected chi connectivity index (χ3v) is 2.71. The molecular formula is C11H14N2O2. The van der Waals surface area contributed by atoms with Crippen LogP contribution in [0.2, 0.25) is 0 Å². The number of carboxylic acid groups (broad SMARTS) is 1. The van der Waals surface area contributed by atoms with Gasteiger partial charge < -0.3 is 10.0 Å². The highest BCUT2D eigenvalue weighted by atomic mass is 16.4. The summed E-state index contributed by atoms with van der Waals surface area (Å²) >= 11 is 0. The number of carbonyl (C=O) groups is 1. The maximum absolute atomic E-state index is 11.0. The molecule has 2 heterocycles. The van der Waals surface area contributed by atoms with Crippen LogP contribution in [0.4, 0.5) is 5.82 Å². The SMILES string of the molecule is Cc1cccc(N2CCC[C@H]2C(=O)O)n1. The molecule has 0 bridgehead atoms. The first kappa shape index (κ1) is 9.96. The van der Waals surface area contributed by atoms with Crippen molar-refractivity contribution < 1.29 is 9.90 Å². The van der Waals surface area contributed by atoms with Gasteiger partial charge in [-0.05, 0) is 31.9 Å². The second-order valence-corrected chi connectivity index (χ2v) is 3.83. The number of hydrogen-bond donors (Lipinski definition) is 1. The maximum Gasteiger partial charge on any atom is 0.326 e. The van der Waals surface area contributed by atoms with Gasteiger partial charge in [-0.3, -0.25) is 0 Å². The predicted octanol–water partition coefficient (Wildman–Crippen LogP) is 1.44. The summed E-state index contributed by atoms with van der Waals surface area (Å²) in [6, 6.07) is 5.29. The first-order chi connectivity index (χ1) is 7.18. The third-order valence-electron chi connectivity index (χ3n) is 2.71. The summed E-state index contributed by atoms with van der Waals surface area (Å²) in [5.41, 5.74) is 0.920. The zero-order valence-electron chi connectivity index (χ0n) is 8.68. The molecule has 80 valence electrons. The lowest BCUT2D eigenvalue weighted by molar-refractivity contribution is -0.138. The van der Waals surface area contributed by atoms with Crippen LogP contribution in [0.15, 0.2) is 18.2 Å². The molecule has 0 unspecified atom stereocenters. The fourth-order valence-corrected chi connectivity index (χ4v) is 1.99. The normalized spacial score (nSPS) is 20.6. The van der Waals surface area contributed by atoms with Crippen LogP contribution in [-0.4, -0.2) is 28.6 Å². The molecule has 1 aliphatic heterocycles. The van der Waals surface area contributed by atoms with E-state index in [9.17, 15) is 4.79 Å². The molecule has 2 rings (SSSR count). The monoisotopic (exact) mass is 206 g/mol. The van der Waals surface area contributed by atoms with Gasteiger partial charge in [0.2, 0.25) is 0 Å². The molecule has 1 saturated heterocycles. The van der Waals surface area contributed by atoms with Crippen molar-refractivity contribution in [3.05, 3.63) is 23.9 Å². The van der Waals surface area contributed by atoms with Gasteiger partial charge in [-0.1, -0.05) is 6.07 Å². The Morgan fingerprint density at radius 3 is 3.07 bits per heavy atom. The number of hydrogen-bond acceptors (Lipinski definition) is 3. The van der Waals surface area contributed by atoms with E-state index in [1.54, 1.807) is 0 Å². The van der Waals surface area contributed by atoms with Crippen LogP contribution in [0.3, 0.4) is 0 Å². The first-order valence-electron chi connectivity index (χ1n) is 5.11. The van der Waals surface area contributed by atoms with E-state index in [1.807, 2.05) is 30.0 Å². The molecule has 0 amide bonds. The minimum Gasteiger partial charge on any atom is -0.480 e. The van der Waals surface area contributed by atoms with E-state index in [0.29, 0.717) is 6.42 Å². The van der Waals surface area contributed by atoms with E-state index in [0.717, 1.165) is 24.5 Å². The molecule has 1 N–H and O–H groups in total. The maximum atomic E-state index is 11.0. The average Bonchev–Trinajstić information content (AvgIpc) is 2.65. The molecule has 15 heavy (non-hydrogen) atoms. The lowest BCUT2D eigenvalue weighted by Gasteiger charge is -2.22. The summed E-state index contributed by atoms with van der Waals surface area (Å²) in [4.78, 5) is 17.2. The smallest absolute Gasteiger partial charge is 0.326 e. The number of nitrogens with zero attached hydrogens (tertiary/aromatic N) is 2. The topological polar surface area (TPSA) is 53.4 Å². The van der Waals surface area contributed by atoms with Crippen molar-refractivity contribution in [2.75, 3.05) is 11.4 Å². The molecule has 4 nitrogen and oxygen atoms in total. The van der Waals surface area contributed by atoms with Crippen molar-refractivity contribution >= 4 is 11.8 Å². The Kier molecular flexibility index (Phi) is 2.58. The molecule has 1 aromatic rings. The van der Waals surface area contributed by atoms with Crippen LogP contribution in [0, 0.1) is 6.92 Å². The van der Waals surface area contributed by atoms with Gasteiger partial charge in [0.15, 0.2) is 0 Å². The number of anilines is 1. The summed E-state index contributed by atoms with van der Waals surface area (Å²) < 4.78 is 0. The number of aromatic nitrogens is 1. The molecule has 1 fully saturated rings. The number of rotatable bonds is 2. The van der Waals surface area contributed by atoms with Crippen molar-refractivity contribution in [3.63, 3.8) is 0 Å². The lowest BCUT2D eigenvalue weighted by atomic mass is 10.2. The van der Waals surface area contributed by atoms with Crippen molar-refractivity contribution in [3.8, 4) is 0 Å². The average molecular weight is 206 g/mol. The van der Waals surface area contributed by atoms with Gasteiger partial charge in [-0.15, -0.1) is 0 Å². The summed E-state index contributed by atoms with van der Waals surface area (Å²) in [6.45, 7) is 2.70. The second kappa shape index (κ2) is 3.88. The van der Waals surface area contributed by atoms with Crippen molar-refractivity contribution in [1.29, 1.82) is 0 Å². The van der Waals surface area contributed by atoms with Gasteiger partial charge in [0, 0.05) is 12.2 Å². The van der Waals surface area contributed by atoms with Gasteiger partial charge in [0.05, 0.1) is 0 Å². The van der Waals surface area contributed by atoms with E-state index in [-0.39, 0.29) is 0 Å². The number of aryl methyl sites for hydroxylation is 1. The Morgan fingerprint density at radius 1 is 1.60 bits per heavy atom. The highest BCUT2D eigenvalue weighted by Crippen LogP contribution is 2.23. The Balaban J connectivity index is 2.26. The van der Waals surface area contributed by atoms with Gasteiger partial charge >= 0.3 is 5.97 Å². The van der Waals surface area contributed by atoms with Gasteiger partial charge in [-0.2, -0.15) is 0 Å². The largest absolute Gasteiger partial charge is 0.480 e. The van der Waals surface area contributed by atoms with E-state index < -0.39 is 12.0 Å². The highest BCUT2D eigenvalue weighted by Gasteiger charge is 2.31. The van der Waals surface area contributed by atoms with Crippen LogP contribution in [0.5, 0.6) is 0 Å². The minimum absolute atomic E-state index is 0.403. The molecule has 0 saturated carbocycles. The number of pyridine rings is 1. The summed E-state index contributed by atoms with van der Waals surface area (Å²) in [5, 5.41) is 9.04. The Bertz CT molecular complexity index is 379. The lowest BCUT2D eigenvalue weighted by Crippen LogP contribution is -2.36. The summed E-state index contributed by atoms with van der Waals surface area (Å²) in [5.74, 6) is 0.0238. The fraction of sp³-hybridized carbons (Fsp3) is 0.455. The van der Waals surface area contributed by atoms with Crippen molar-refractivity contribution in [2.24, 2.45) is 0 Å². The Morgan fingerprint density at radius 2 is 2.40 bits per heavy atom. The number of carboxylic acids is 1. The molecule has 0 aromatic carbocycles. The van der Waals surface area contributed by atoms with Gasteiger partial charge in [-0.25, -0.2) is 9.78 Å². The van der Waals surface area contributed by atoms with E-state index in [4.69, 9.17) is 5.11 Å². The van der Waals surface area contributed by atoms with Crippen LogP contribution in [0.1, 0.15) is 18.5 Å². The number of aliphatic carboxylic acids is 1. The van der Waals surface area contributed by atoms with Gasteiger partial charge in [0.25, 0.3) is 0 Å². The van der Waals surface area contributed by atoms with E-state index >= 15 is 0 Å². The standard InChI is InChI=1S/C11H14N2O2/c1-8-4-2-6-10(12-8)13-7-3-5-9(13)11(14)15/h2,4,6,9H,3,5,7H2,1H3,(H,14,15)/t9-/m0/s1. The van der Waals surface area contributed by atoms with Crippen LogP contribution >= 0.6 is 0 Å². The zero-order valence-corrected chi connectivity index (χ0v) is 8.68. The fourth-order valence-electron chi connectivity index (χ4n) is 1.99.